The van der Waals surface area contributed by atoms with Gasteiger partial charge in [0.15, 0.2) is 4.80 Å². The molecule has 0 spiro atoms. The first-order valence-corrected chi connectivity index (χ1v) is 10.8. The van der Waals surface area contributed by atoms with Crippen molar-refractivity contribution >= 4 is 23.4 Å². The number of nitrogens with zero attached hydrogens (tertiary/aromatic N) is 2. The molecule has 6 heteroatoms. The van der Waals surface area contributed by atoms with Crippen LogP contribution >= 0.6 is 11.3 Å². The molecule has 0 saturated carbocycles. The fourth-order valence-corrected chi connectivity index (χ4v) is 5.14. The van der Waals surface area contributed by atoms with Gasteiger partial charge >= 0.3 is 5.97 Å². The van der Waals surface area contributed by atoms with Gasteiger partial charge in [-0.3, -0.25) is 9.36 Å². The third-order valence-corrected chi connectivity index (χ3v) is 6.40. The van der Waals surface area contributed by atoms with Gasteiger partial charge in [0.05, 0.1) is 28.5 Å². The van der Waals surface area contributed by atoms with Crippen molar-refractivity contribution in [3.05, 3.63) is 79.0 Å². The summed E-state index contributed by atoms with van der Waals surface area (Å²) >= 11 is 1.38. The summed E-state index contributed by atoms with van der Waals surface area (Å²) in [7, 11) is 0. The van der Waals surface area contributed by atoms with E-state index >= 15 is 0 Å². The van der Waals surface area contributed by atoms with Gasteiger partial charge in [0.2, 0.25) is 0 Å². The quantitative estimate of drug-likeness (QED) is 0.577. The number of fused-ring (bicyclic) bond motifs is 1. The maximum absolute atomic E-state index is 13.4. The first-order valence-electron chi connectivity index (χ1n) is 10.00. The van der Waals surface area contributed by atoms with Crippen LogP contribution in [-0.4, -0.2) is 17.1 Å². The van der Waals surface area contributed by atoms with Crippen LogP contribution in [-0.2, 0) is 9.53 Å². The monoisotopic (exact) mass is 408 g/mol. The fraction of sp³-hybridized carbons (Fsp3) is 0.348. The summed E-state index contributed by atoms with van der Waals surface area (Å²) in [5, 5.41) is 0. The first kappa shape index (κ1) is 19.6. The van der Waals surface area contributed by atoms with Gasteiger partial charge in [0, 0.05) is 0 Å². The van der Waals surface area contributed by atoms with Gasteiger partial charge in [-0.25, -0.2) is 9.79 Å². The van der Waals surface area contributed by atoms with E-state index < -0.39 is 0 Å². The number of esters is 1. The number of allylic oxidation sites excluding steroid dienone is 3. The summed E-state index contributed by atoms with van der Waals surface area (Å²) in [6.07, 6.45) is 8.91. The molecular formula is C23H24N2O3S. The number of benzene rings is 1. The number of hydrogen-bond donors (Lipinski definition) is 0. The highest BCUT2D eigenvalue weighted by molar-refractivity contribution is 7.07. The summed E-state index contributed by atoms with van der Waals surface area (Å²) in [5.74, 6) is -0.203. The van der Waals surface area contributed by atoms with Gasteiger partial charge in [-0.1, -0.05) is 53.8 Å². The van der Waals surface area contributed by atoms with Crippen LogP contribution in [0, 0.1) is 5.92 Å². The van der Waals surface area contributed by atoms with E-state index in [4.69, 9.17) is 4.74 Å². The molecule has 2 atom stereocenters. The van der Waals surface area contributed by atoms with Crippen LogP contribution in [0.4, 0.5) is 0 Å². The fourth-order valence-electron chi connectivity index (χ4n) is 4.09. The SMILES string of the molecule is CCOC(=O)C1=C(C)N=c2s/c(=C\c3ccccc3)c(=O)n2[C@H]1[C@H]1CC=CCC1. The molecule has 29 heavy (non-hydrogen) atoms. The minimum Gasteiger partial charge on any atom is -0.463 e. The minimum atomic E-state index is -0.370. The summed E-state index contributed by atoms with van der Waals surface area (Å²) in [5.41, 5.74) is 2.05. The number of thiazole rings is 1. The summed E-state index contributed by atoms with van der Waals surface area (Å²) in [4.78, 5) is 31.5. The molecule has 1 aliphatic heterocycles. The molecule has 2 aromatic rings. The summed E-state index contributed by atoms with van der Waals surface area (Å²) < 4.78 is 7.69. The van der Waals surface area contributed by atoms with E-state index in [-0.39, 0.29) is 23.5 Å². The third-order valence-electron chi connectivity index (χ3n) is 5.41. The minimum absolute atomic E-state index is 0.0912. The smallest absolute Gasteiger partial charge is 0.337 e. The Hall–Kier alpha value is -2.73. The number of rotatable bonds is 4. The molecule has 150 valence electrons. The van der Waals surface area contributed by atoms with Gasteiger partial charge < -0.3 is 4.74 Å². The maximum Gasteiger partial charge on any atom is 0.337 e. The lowest BCUT2D eigenvalue weighted by Crippen LogP contribution is -2.42. The molecule has 4 rings (SSSR count). The maximum atomic E-state index is 13.4. The van der Waals surface area contributed by atoms with Crippen molar-refractivity contribution in [3.8, 4) is 0 Å². The van der Waals surface area contributed by atoms with E-state index in [9.17, 15) is 9.59 Å². The highest BCUT2D eigenvalue weighted by atomic mass is 32.1. The zero-order valence-electron chi connectivity index (χ0n) is 16.6. The van der Waals surface area contributed by atoms with Crippen LogP contribution in [0.3, 0.4) is 0 Å². The first-order chi connectivity index (χ1) is 14.1. The Kier molecular flexibility index (Phi) is 5.62. The van der Waals surface area contributed by atoms with Crippen LogP contribution < -0.4 is 14.9 Å². The number of aromatic nitrogens is 1. The van der Waals surface area contributed by atoms with Gasteiger partial charge in [-0.15, -0.1) is 0 Å². The molecule has 0 fully saturated rings. The van der Waals surface area contributed by atoms with E-state index in [1.54, 1.807) is 11.5 Å². The van der Waals surface area contributed by atoms with Crippen molar-refractivity contribution in [2.45, 2.75) is 39.2 Å². The van der Waals surface area contributed by atoms with Crippen molar-refractivity contribution < 1.29 is 9.53 Å². The zero-order valence-corrected chi connectivity index (χ0v) is 17.4. The van der Waals surface area contributed by atoms with Crippen molar-refractivity contribution in [2.24, 2.45) is 10.9 Å². The Morgan fingerprint density at radius 1 is 1.31 bits per heavy atom. The van der Waals surface area contributed by atoms with Crippen molar-refractivity contribution in [1.29, 1.82) is 0 Å². The predicted octanol–water partition coefficient (Wildman–Crippen LogP) is 3.11. The van der Waals surface area contributed by atoms with Crippen LogP contribution in [0.1, 0.15) is 44.7 Å². The van der Waals surface area contributed by atoms with E-state index in [1.807, 2.05) is 43.3 Å². The van der Waals surface area contributed by atoms with E-state index in [0.717, 1.165) is 24.8 Å². The number of carbonyl (C=O) groups excluding carboxylic acids is 1. The normalized spacial score (nSPS) is 21.7. The Labute approximate surface area is 173 Å². The largest absolute Gasteiger partial charge is 0.463 e. The lowest BCUT2D eigenvalue weighted by Gasteiger charge is -2.32. The Balaban J connectivity index is 1.90. The average Bonchev–Trinajstić information content (AvgIpc) is 3.03. The van der Waals surface area contributed by atoms with Gasteiger partial charge in [0.1, 0.15) is 0 Å². The van der Waals surface area contributed by atoms with Crippen molar-refractivity contribution in [2.75, 3.05) is 6.61 Å². The van der Waals surface area contributed by atoms with Crippen LogP contribution in [0.15, 0.2) is 63.5 Å². The third kappa shape index (κ3) is 3.77. The molecule has 0 amide bonds. The molecule has 2 heterocycles. The van der Waals surface area contributed by atoms with E-state index in [2.05, 4.69) is 17.1 Å². The highest BCUT2D eigenvalue weighted by Crippen LogP contribution is 2.37. The summed E-state index contributed by atoms with van der Waals surface area (Å²) in [6.45, 7) is 3.93. The second-order valence-corrected chi connectivity index (χ2v) is 8.31. The second-order valence-electron chi connectivity index (χ2n) is 7.30. The Morgan fingerprint density at radius 2 is 2.10 bits per heavy atom. The van der Waals surface area contributed by atoms with Crippen molar-refractivity contribution in [3.63, 3.8) is 0 Å². The highest BCUT2D eigenvalue weighted by Gasteiger charge is 2.37. The topological polar surface area (TPSA) is 60.7 Å². The van der Waals surface area contributed by atoms with Crippen LogP contribution in [0.2, 0.25) is 0 Å². The predicted molar refractivity (Wildman–Crippen MR) is 114 cm³/mol. The average molecular weight is 409 g/mol. The Bertz CT molecular complexity index is 1150. The molecule has 2 aliphatic rings. The molecule has 5 nitrogen and oxygen atoms in total. The van der Waals surface area contributed by atoms with Crippen LogP contribution in [0.5, 0.6) is 0 Å². The van der Waals surface area contributed by atoms with E-state index in [0.29, 0.717) is 27.2 Å². The number of carbonyl (C=O) groups is 1. The van der Waals surface area contributed by atoms with Crippen LogP contribution in [0.25, 0.3) is 6.08 Å². The molecule has 0 N–H and O–H groups in total. The lowest BCUT2D eigenvalue weighted by atomic mass is 9.82. The molecule has 1 aromatic heterocycles. The van der Waals surface area contributed by atoms with Crippen molar-refractivity contribution in [1.82, 2.24) is 4.57 Å². The lowest BCUT2D eigenvalue weighted by molar-refractivity contribution is -0.139. The number of hydrogen-bond acceptors (Lipinski definition) is 5. The molecule has 0 radical (unpaired) electrons. The second kappa shape index (κ2) is 8.33. The van der Waals surface area contributed by atoms with Gasteiger partial charge in [-0.2, -0.15) is 0 Å². The molecule has 0 unspecified atom stereocenters. The molecule has 0 saturated heterocycles. The number of ether oxygens (including phenoxy) is 1. The zero-order chi connectivity index (χ0) is 20.4. The standard InChI is InChI=1S/C23H24N2O3S/c1-3-28-22(27)19-15(2)24-23-25(20(19)17-12-8-5-9-13-17)21(26)18(29-23)14-16-10-6-4-7-11-16/h4-8,10-11,14,17,20H,3,9,12-13H2,1-2H3/b18-14-/t17-,20-/m0/s1. The molecule has 0 bridgehead atoms. The molecule has 1 aromatic carbocycles. The molecular weight excluding hydrogens is 384 g/mol. The Morgan fingerprint density at radius 3 is 2.79 bits per heavy atom. The van der Waals surface area contributed by atoms with E-state index in [1.165, 1.54) is 11.3 Å². The molecule has 1 aliphatic carbocycles. The summed E-state index contributed by atoms with van der Waals surface area (Å²) in [6, 6.07) is 9.44. The van der Waals surface area contributed by atoms with Gasteiger partial charge in [0.25, 0.3) is 5.56 Å². The van der Waals surface area contributed by atoms with Gasteiger partial charge in [-0.05, 0) is 50.7 Å².